The van der Waals surface area contributed by atoms with Gasteiger partial charge >= 0.3 is 0 Å². The summed E-state index contributed by atoms with van der Waals surface area (Å²) >= 11 is 0. The second-order valence-corrected chi connectivity index (χ2v) is 7.64. The molecule has 3 heterocycles. The van der Waals surface area contributed by atoms with E-state index in [4.69, 9.17) is 0 Å². The zero-order valence-electron chi connectivity index (χ0n) is 14.9. The molecule has 0 radical (unpaired) electrons. The summed E-state index contributed by atoms with van der Waals surface area (Å²) in [5, 5.41) is 0. The number of hydrogen-bond acceptors (Lipinski definition) is 5. The van der Waals surface area contributed by atoms with Gasteiger partial charge in [-0.3, -0.25) is 9.36 Å². The van der Waals surface area contributed by atoms with Crippen molar-refractivity contribution in [2.75, 3.05) is 18.0 Å². The largest absolute Gasteiger partial charge is 0.354 e. The molecule has 0 spiro atoms. The van der Waals surface area contributed by atoms with Gasteiger partial charge in [-0.1, -0.05) is 20.8 Å². The van der Waals surface area contributed by atoms with Gasteiger partial charge in [0.05, 0.1) is 18.2 Å². The van der Waals surface area contributed by atoms with Crippen molar-refractivity contribution in [1.82, 2.24) is 19.5 Å². The molecule has 2 aromatic heterocycles. The van der Waals surface area contributed by atoms with Crippen LogP contribution >= 0.6 is 0 Å². The smallest absolute Gasteiger partial charge is 0.253 e. The fourth-order valence-electron chi connectivity index (χ4n) is 3.12. The van der Waals surface area contributed by atoms with Crippen molar-refractivity contribution in [3.8, 4) is 0 Å². The number of rotatable bonds is 3. The minimum absolute atomic E-state index is 0.0100. The third-order valence-electron chi connectivity index (χ3n) is 4.67. The molecule has 1 aliphatic heterocycles. The van der Waals surface area contributed by atoms with Gasteiger partial charge < -0.3 is 4.90 Å². The van der Waals surface area contributed by atoms with E-state index in [2.05, 4.69) is 15.0 Å². The Labute approximate surface area is 146 Å². The lowest BCUT2D eigenvalue weighted by atomic mass is 9.92. The summed E-state index contributed by atoms with van der Waals surface area (Å²) < 4.78 is 15.5. The zero-order chi connectivity index (χ0) is 18.0. The fourth-order valence-corrected chi connectivity index (χ4v) is 3.12. The normalized spacial score (nSPS) is 16.2. The highest BCUT2D eigenvalue weighted by molar-refractivity contribution is 5.38. The maximum atomic E-state index is 13.8. The molecular weight excluding hydrogens is 321 g/mol. The van der Waals surface area contributed by atoms with Crippen LogP contribution in [0.2, 0.25) is 0 Å². The fraction of sp³-hybridized carbons (Fsp3) is 0.556. The third kappa shape index (κ3) is 4.03. The van der Waals surface area contributed by atoms with Gasteiger partial charge in [0.1, 0.15) is 6.33 Å². The van der Waals surface area contributed by atoms with Crippen molar-refractivity contribution in [3.63, 3.8) is 0 Å². The van der Waals surface area contributed by atoms with E-state index in [9.17, 15) is 9.18 Å². The highest BCUT2D eigenvalue weighted by atomic mass is 19.1. The molecule has 1 fully saturated rings. The van der Waals surface area contributed by atoms with E-state index in [-0.39, 0.29) is 16.8 Å². The molecule has 1 saturated heterocycles. The molecule has 134 valence electrons. The highest BCUT2D eigenvalue weighted by Gasteiger charge is 2.23. The van der Waals surface area contributed by atoms with E-state index < -0.39 is 0 Å². The van der Waals surface area contributed by atoms with Crippen molar-refractivity contribution >= 4 is 5.82 Å². The van der Waals surface area contributed by atoms with E-state index in [0.29, 0.717) is 18.3 Å². The van der Waals surface area contributed by atoms with Crippen LogP contribution in [0.1, 0.15) is 39.3 Å². The minimum atomic E-state index is -0.390. The van der Waals surface area contributed by atoms with Crippen LogP contribution in [0.15, 0.2) is 29.7 Å². The molecular formula is C18H24FN5O. The molecule has 6 nitrogen and oxygen atoms in total. The average Bonchev–Trinajstić information content (AvgIpc) is 2.57. The van der Waals surface area contributed by atoms with Crippen LogP contribution in [-0.4, -0.2) is 32.6 Å². The van der Waals surface area contributed by atoms with E-state index in [1.807, 2.05) is 25.7 Å². The standard InChI is InChI=1S/C18H24FN5O/c1-18(2,3)15-8-16(25)24(12-22-15)10-13-4-6-23(7-5-13)17-14(19)9-20-11-21-17/h8-9,11-13H,4-7,10H2,1-3H3. The van der Waals surface area contributed by atoms with Crippen LogP contribution in [0.3, 0.4) is 0 Å². The summed E-state index contributed by atoms with van der Waals surface area (Å²) in [4.78, 5) is 26.4. The van der Waals surface area contributed by atoms with Gasteiger partial charge in [0.15, 0.2) is 11.6 Å². The minimum Gasteiger partial charge on any atom is -0.354 e. The van der Waals surface area contributed by atoms with Gasteiger partial charge in [0.25, 0.3) is 5.56 Å². The van der Waals surface area contributed by atoms with Crippen LogP contribution in [0.5, 0.6) is 0 Å². The van der Waals surface area contributed by atoms with Gasteiger partial charge in [0.2, 0.25) is 0 Å². The molecule has 2 aromatic rings. The second kappa shape index (κ2) is 6.90. The molecule has 0 saturated carbocycles. The van der Waals surface area contributed by atoms with Crippen molar-refractivity contribution in [2.45, 2.75) is 45.6 Å². The summed E-state index contributed by atoms with van der Waals surface area (Å²) in [7, 11) is 0. The molecule has 0 unspecified atom stereocenters. The van der Waals surface area contributed by atoms with Crippen molar-refractivity contribution in [3.05, 3.63) is 46.8 Å². The first-order valence-corrected chi connectivity index (χ1v) is 8.62. The zero-order valence-corrected chi connectivity index (χ0v) is 14.9. The van der Waals surface area contributed by atoms with Crippen LogP contribution in [0.4, 0.5) is 10.2 Å². The Hall–Kier alpha value is -2.31. The molecule has 0 aromatic carbocycles. The average molecular weight is 345 g/mol. The first kappa shape index (κ1) is 17.5. The monoisotopic (exact) mass is 345 g/mol. The number of hydrogen-bond donors (Lipinski definition) is 0. The predicted molar refractivity (Wildman–Crippen MR) is 94.1 cm³/mol. The molecule has 0 aliphatic carbocycles. The summed E-state index contributed by atoms with van der Waals surface area (Å²) in [6.45, 7) is 8.22. The Bertz CT molecular complexity index is 791. The van der Waals surface area contributed by atoms with Gasteiger partial charge in [-0.15, -0.1) is 0 Å². The summed E-state index contributed by atoms with van der Waals surface area (Å²) in [6.07, 6.45) is 5.98. The number of piperidine rings is 1. The molecule has 0 atom stereocenters. The quantitative estimate of drug-likeness (QED) is 0.855. The van der Waals surface area contributed by atoms with Gasteiger partial charge in [-0.05, 0) is 18.8 Å². The Balaban J connectivity index is 1.63. The predicted octanol–water partition coefficient (Wildman–Crippen LogP) is 2.39. The second-order valence-electron chi connectivity index (χ2n) is 7.64. The molecule has 25 heavy (non-hydrogen) atoms. The first-order chi connectivity index (χ1) is 11.8. The van der Waals surface area contributed by atoms with Crippen molar-refractivity contribution in [2.24, 2.45) is 5.92 Å². The van der Waals surface area contributed by atoms with Gasteiger partial charge in [-0.2, -0.15) is 0 Å². The van der Waals surface area contributed by atoms with Crippen LogP contribution in [0, 0.1) is 11.7 Å². The highest BCUT2D eigenvalue weighted by Crippen LogP contribution is 2.24. The summed E-state index contributed by atoms with van der Waals surface area (Å²) in [6, 6.07) is 1.63. The SMILES string of the molecule is CC(C)(C)c1cc(=O)n(CC2CCN(c3ncncc3F)CC2)cn1. The molecule has 0 bridgehead atoms. The summed E-state index contributed by atoms with van der Waals surface area (Å²) in [5.74, 6) is 0.349. The van der Waals surface area contributed by atoms with Crippen molar-refractivity contribution < 1.29 is 4.39 Å². The molecule has 7 heteroatoms. The molecule has 0 amide bonds. The Morgan fingerprint density at radius 1 is 1.24 bits per heavy atom. The molecule has 3 rings (SSSR count). The van der Waals surface area contributed by atoms with Gasteiger partial charge in [-0.25, -0.2) is 19.3 Å². The van der Waals surface area contributed by atoms with Crippen LogP contribution < -0.4 is 10.5 Å². The van der Waals surface area contributed by atoms with E-state index in [1.54, 1.807) is 17.0 Å². The summed E-state index contributed by atoms with van der Waals surface area (Å²) in [5.41, 5.74) is 0.664. The van der Waals surface area contributed by atoms with E-state index in [0.717, 1.165) is 31.6 Å². The number of aromatic nitrogens is 4. The molecule has 1 aliphatic rings. The maximum Gasteiger partial charge on any atom is 0.253 e. The third-order valence-corrected chi connectivity index (χ3v) is 4.67. The Kier molecular flexibility index (Phi) is 4.83. The lowest BCUT2D eigenvalue weighted by Crippen LogP contribution is -2.37. The molecule has 0 N–H and O–H groups in total. The van der Waals surface area contributed by atoms with Crippen LogP contribution in [-0.2, 0) is 12.0 Å². The topological polar surface area (TPSA) is 63.9 Å². The Morgan fingerprint density at radius 2 is 1.96 bits per heavy atom. The van der Waals surface area contributed by atoms with Crippen LogP contribution in [0.25, 0.3) is 0 Å². The van der Waals surface area contributed by atoms with Gasteiger partial charge in [0, 0.05) is 31.1 Å². The van der Waals surface area contributed by atoms with E-state index >= 15 is 0 Å². The number of anilines is 1. The first-order valence-electron chi connectivity index (χ1n) is 8.62. The number of halogens is 1. The Morgan fingerprint density at radius 3 is 2.56 bits per heavy atom. The lowest BCUT2D eigenvalue weighted by molar-refractivity contribution is 0.347. The van der Waals surface area contributed by atoms with Crippen molar-refractivity contribution in [1.29, 1.82) is 0 Å². The van der Waals surface area contributed by atoms with E-state index in [1.165, 1.54) is 12.5 Å². The maximum absolute atomic E-state index is 13.8. The lowest BCUT2D eigenvalue weighted by Gasteiger charge is -2.33. The number of nitrogens with zero attached hydrogens (tertiary/aromatic N) is 5.